The summed E-state index contributed by atoms with van der Waals surface area (Å²) in [7, 11) is 0. The Bertz CT molecular complexity index is 174. The number of rotatable bonds is 2. The fraction of sp³-hybridized carbons (Fsp3) is 1.00. The van der Waals surface area contributed by atoms with Gasteiger partial charge in [-0.2, -0.15) is 0 Å². The van der Waals surface area contributed by atoms with Crippen molar-refractivity contribution in [2.24, 2.45) is 11.3 Å². The van der Waals surface area contributed by atoms with E-state index in [0.29, 0.717) is 5.92 Å². The Morgan fingerprint density at radius 1 is 1.33 bits per heavy atom. The van der Waals surface area contributed by atoms with Crippen molar-refractivity contribution in [1.82, 2.24) is 5.32 Å². The van der Waals surface area contributed by atoms with Crippen molar-refractivity contribution in [3.8, 4) is 0 Å². The summed E-state index contributed by atoms with van der Waals surface area (Å²) in [5, 5.41) is 21.5. The first kappa shape index (κ1) is 8.48. The van der Waals surface area contributed by atoms with Gasteiger partial charge >= 0.3 is 0 Å². The molecular weight excluding hydrogens is 154 g/mol. The molecule has 3 heteroatoms. The second-order valence-corrected chi connectivity index (χ2v) is 4.11. The summed E-state index contributed by atoms with van der Waals surface area (Å²) in [5.41, 5.74) is 0.252. The average Bonchev–Trinajstić information content (AvgIpc) is 2.81. The number of piperidine rings is 1. The van der Waals surface area contributed by atoms with E-state index in [9.17, 15) is 0 Å². The minimum absolute atomic E-state index is 0.219. The third kappa shape index (κ3) is 1.08. The van der Waals surface area contributed by atoms with Crippen molar-refractivity contribution in [1.29, 1.82) is 0 Å². The van der Waals surface area contributed by atoms with Gasteiger partial charge in [0.15, 0.2) is 0 Å². The fourth-order valence-corrected chi connectivity index (χ4v) is 2.70. The van der Waals surface area contributed by atoms with E-state index in [2.05, 4.69) is 5.32 Å². The largest absolute Gasteiger partial charge is 0.396 e. The van der Waals surface area contributed by atoms with Gasteiger partial charge in [-0.1, -0.05) is 0 Å². The molecule has 0 radical (unpaired) electrons. The van der Waals surface area contributed by atoms with Crippen molar-refractivity contribution in [2.75, 3.05) is 19.8 Å². The second kappa shape index (κ2) is 2.98. The lowest BCUT2D eigenvalue weighted by molar-refractivity contribution is 0.131. The standard InChI is InChI=1S/C9H17NO2/c11-5-7-4-9(7)2-1-3-10-8(9)6-12/h7-8,10-12H,1-6H2. The topological polar surface area (TPSA) is 52.5 Å². The van der Waals surface area contributed by atoms with Crippen molar-refractivity contribution < 1.29 is 10.2 Å². The average molecular weight is 171 g/mol. The first-order chi connectivity index (χ1) is 5.83. The van der Waals surface area contributed by atoms with Crippen LogP contribution in [0.2, 0.25) is 0 Å². The van der Waals surface area contributed by atoms with E-state index in [1.807, 2.05) is 0 Å². The van der Waals surface area contributed by atoms with E-state index in [0.717, 1.165) is 13.0 Å². The van der Waals surface area contributed by atoms with Crippen LogP contribution in [0.5, 0.6) is 0 Å². The van der Waals surface area contributed by atoms with Crippen LogP contribution in [0.1, 0.15) is 19.3 Å². The van der Waals surface area contributed by atoms with E-state index < -0.39 is 0 Å². The molecule has 1 spiro atoms. The molecule has 3 unspecified atom stereocenters. The second-order valence-electron chi connectivity index (χ2n) is 4.11. The summed E-state index contributed by atoms with van der Waals surface area (Å²) in [6.07, 6.45) is 3.46. The highest BCUT2D eigenvalue weighted by Crippen LogP contribution is 2.59. The van der Waals surface area contributed by atoms with Gasteiger partial charge in [0.2, 0.25) is 0 Å². The van der Waals surface area contributed by atoms with Crippen LogP contribution >= 0.6 is 0 Å². The summed E-state index contributed by atoms with van der Waals surface area (Å²) >= 11 is 0. The summed E-state index contributed by atoms with van der Waals surface area (Å²) in [6, 6.07) is 0.239. The van der Waals surface area contributed by atoms with Gasteiger partial charge in [0, 0.05) is 12.6 Å². The minimum atomic E-state index is 0.219. The lowest BCUT2D eigenvalue weighted by Crippen LogP contribution is -2.46. The zero-order valence-electron chi connectivity index (χ0n) is 7.29. The van der Waals surface area contributed by atoms with Crippen LogP contribution in [0.3, 0.4) is 0 Å². The Labute approximate surface area is 72.8 Å². The van der Waals surface area contributed by atoms with Crippen molar-refractivity contribution >= 4 is 0 Å². The molecule has 12 heavy (non-hydrogen) atoms. The van der Waals surface area contributed by atoms with E-state index in [4.69, 9.17) is 10.2 Å². The van der Waals surface area contributed by atoms with E-state index in [-0.39, 0.29) is 24.7 Å². The maximum absolute atomic E-state index is 9.14. The summed E-state index contributed by atoms with van der Waals surface area (Å²) in [4.78, 5) is 0. The van der Waals surface area contributed by atoms with Gasteiger partial charge in [0.25, 0.3) is 0 Å². The highest BCUT2D eigenvalue weighted by molar-refractivity contribution is 5.10. The maximum Gasteiger partial charge on any atom is 0.0590 e. The summed E-state index contributed by atoms with van der Waals surface area (Å²) < 4.78 is 0. The fourth-order valence-electron chi connectivity index (χ4n) is 2.70. The number of hydrogen-bond donors (Lipinski definition) is 3. The Morgan fingerprint density at radius 3 is 2.75 bits per heavy atom. The van der Waals surface area contributed by atoms with E-state index in [1.165, 1.54) is 12.8 Å². The predicted molar refractivity (Wildman–Crippen MR) is 45.7 cm³/mol. The van der Waals surface area contributed by atoms with Gasteiger partial charge < -0.3 is 15.5 Å². The molecule has 1 saturated heterocycles. The van der Waals surface area contributed by atoms with Gasteiger partial charge in [-0.05, 0) is 37.1 Å². The number of aliphatic hydroxyl groups excluding tert-OH is 2. The van der Waals surface area contributed by atoms with Crippen LogP contribution in [0.25, 0.3) is 0 Å². The lowest BCUT2D eigenvalue weighted by atomic mass is 9.86. The first-order valence-corrected chi connectivity index (χ1v) is 4.78. The molecule has 2 aliphatic rings. The van der Waals surface area contributed by atoms with Crippen LogP contribution in [-0.2, 0) is 0 Å². The molecule has 70 valence electrons. The van der Waals surface area contributed by atoms with E-state index >= 15 is 0 Å². The Hall–Kier alpha value is -0.120. The molecule has 0 amide bonds. The first-order valence-electron chi connectivity index (χ1n) is 4.78. The van der Waals surface area contributed by atoms with Crippen LogP contribution in [0, 0.1) is 11.3 Å². The van der Waals surface area contributed by atoms with Gasteiger partial charge in [0.1, 0.15) is 0 Å². The molecule has 1 aliphatic heterocycles. The van der Waals surface area contributed by atoms with Crippen LogP contribution in [-0.4, -0.2) is 36.0 Å². The van der Waals surface area contributed by atoms with Crippen LogP contribution in [0.15, 0.2) is 0 Å². The zero-order chi connectivity index (χ0) is 8.60. The molecule has 0 aromatic carbocycles. The molecule has 3 N–H and O–H groups in total. The highest BCUT2D eigenvalue weighted by Gasteiger charge is 2.58. The molecule has 2 rings (SSSR count). The molecule has 0 aromatic heterocycles. The number of nitrogens with one attached hydrogen (secondary N) is 1. The summed E-state index contributed by atoms with van der Waals surface area (Å²) in [6.45, 7) is 1.53. The number of aliphatic hydroxyl groups is 2. The minimum Gasteiger partial charge on any atom is -0.396 e. The molecule has 0 aromatic rings. The Kier molecular flexibility index (Phi) is 2.10. The van der Waals surface area contributed by atoms with Crippen molar-refractivity contribution in [3.63, 3.8) is 0 Å². The SMILES string of the molecule is OCC1CC12CCCNC2CO. The molecule has 0 bridgehead atoms. The van der Waals surface area contributed by atoms with Crippen molar-refractivity contribution in [2.45, 2.75) is 25.3 Å². The maximum atomic E-state index is 9.14. The van der Waals surface area contributed by atoms with E-state index in [1.54, 1.807) is 0 Å². The van der Waals surface area contributed by atoms with Crippen LogP contribution in [0.4, 0.5) is 0 Å². The third-order valence-electron chi connectivity index (χ3n) is 3.59. The zero-order valence-corrected chi connectivity index (χ0v) is 7.29. The lowest BCUT2D eigenvalue weighted by Gasteiger charge is -2.32. The normalized spacial score (nSPS) is 46.5. The smallest absolute Gasteiger partial charge is 0.0590 e. The molecule has 3 atom stereocenters. The molecule has 1 heterocycles. The number of hydrogen-bond acceptors (Lipinski definition) is 3. The van der Waals surface area contributed by atoms with Gasteiger partial charge in [-0.3, -0.25) is 0 Å². The molecule has 3 nitrogen and oxygen atoms in total. The van der Waals surface area contributed by atoms with Crippen molar-refractivity contribution in [3.05, 3.63) is 0 Å². The third-order valence-corrected chi connectivity index (χ3v) is 3.59. The molecule has 1 aliphatic carbocycles. The Morgan fingerprint density at radius 2 is 2.17 bits per heavy atom. The van der Waals surface area contributed by atoms with Gasteiger partial charge in [0.05, 0.1) is 6.61 Å². The molecule has 1 saturated carbocycles. The van der Waals surface area contributed by atoms with Crippen LogP contribution < -0.4 is 5.32 Å². The van der Waals surface area contributed by atoms with Gasteiger partial charge in [-0.25, -0.2) is 0 Å². The quantitative estimate of drug-likeness (QED) is 0.536. The Balaban J connectivity index is 2.02. The molecular formula is C9H17NO2. The van der Waals surface area contributed by atoms with Gasteiger partial charge in [-0.15, -0.1) is 0 Å². The summed E-state index contributed by atoms with van der Waals surface area (Å²) in [5.74, 6) is 0.447. The predicted octanol–water partition coefficient (Wildman–Crippen LogP) is -0.271. The highest BCUT2D eigenvalue weighted by atomic mass is 16.3. The monoisotopic (exact) mass is 171 g/mol. The molecule has 2 fully saturated rings.